The van der Waals surface area contributed by atoms with Crippen LogP contribution in [0.1, 0.15) is 21.6 Å². The van der Waals surface area contributed by atoms with Crippen molar-refractivity contribution in [1.29, 1.82) is 0 Å². The summed E-state index contributed by atoms with van der Waals surface area (Å²) in [5, 5.41) is 0.899. The summed E-state index contributed by atoms with van der Waals surface area (Å²) >= 11 is 0. The number of ether oxygens (including phenoxy) is 1. The molecule has 0 aliphatic rings. The van der Waals surface area contributed by atoms with Crippen molar-refractivity contribution in [3.8, 4) is 5.75 Å². The molecule has 0 unspecified atom stereocenters. The third kappa shape index (κ3) is 2.88. The molecule has 22 heavy (non-hydrogen) atoms. The van der Waals surface area contributed by atoms with Gasteiger partial charge in [-0.3, -0.25) is 4.79 Å². The Morgan fingerprint density at radius 3 is 2.59 bits per heavy atom. The standard InChI is InChI=1S/C19H15NO2/c1-2-14-7-9-15(10-8-14)13-22-19-11-16(12-21)20-18-6-4-3-5-17(18)19/h2-12H,1,13H2. The van der Waals surface area contributed by atoms with Gasteiger partial charge in [-0.2, -0.15) is 0 Å². The number of pyridine rings is 1. The van der Waals surface area contributed by atoms with Crippen molar-refractivity contribution in [1.82, 2.24) is 4.98 Å². The molecule has 3 rings (SSSR count). The van der Waals surface area contributed by atoms with E-state index in [4.69, 9.17) is 4.74 Å². The van der Waals surface area contributed by atoms with Crippen molar-refractivity contribution in [3.05, 3.63) is 78.0 Å². The highest BCUT2D eigenvalue weighted by atomic mass is 16.5. The molecule has 0 aliphatic heterocycles. The van der Waals surface area contributed by atoms with Gasteiger partial charge in [0, 0.05) is 11.5 Å². The molecule has 3 heteroatoms. The minimum Gasteiger partial charge on any atom is -0.488 e. The number of carbonyl (C=O) groups is 1. The van der Waals surface area contributed by atoms with Crippen LogP contribution >= 0.6 is 0 Å². The first-order valence-corrected chi connectivity index (χ1v) is 6.99. The van der Waals surface area contributed by atoms with Crippen molar-refractivity contribution in [2.45, 2.75) is 6.61 Å². The lowest BCUT2D eigenvalue weighted by atomic mass is 10.1. The first-order chi connectivity index (χ1) is 10.8. The van der Waals surface area contributed by atoms with Crippen molar-refractivity contribution in [2.75, 3.05) is 0 Å². The Hall–Kier alpha value is -2.94. The van der Waals surface area contributed by atoms with Crippen LogP contribution in [0, 0.1) is 0 Å². The van der Waals surface area contributed by atoms with Gasteiger partial charge in [0.25, 0.3) is 0 Å². The maximum atomic E-state index is 11.0. The number of carbonyl (C=O) groups excluding carboxylic acids is 1. The molecule has 3 nitrogen and oxygen atoms in total. The van der Waals surface area contributed by atoms with Crippen LogP contribution < -0.4 is 4.74 Å². The van der Waals surface area contributed by atoms with Crippen LogP contribution in [-0.4, -0.2) is 11.3 Å². The van der Waals surface area contributed by atoms with E-state index in [1.807, 2.05) is 48.5 Å². The second kappa shape index (κ2) is 6.22. The summed E-state index contributed by atoms with van der Waals surface area (Å²) in [7, 11) is 0. The first-order valence-electron chi connectivity index (χ1n) is 6.99. The number of aromatic nitrogens is 1. The Balaban J connectivity index is 1.88. The Labute approximate surface area is 128 Å². The molecule has 0 N–H and O–H groups in total. The van der Waals surface area contributed by atoms with Crippen LogP contribution in [-0.2, 0) is 6.61 Å². The zero-order valence-corrected chi connectivity index (χ0v) is 12.0. The van der Waals surface area contributed by atoms with E-state index in [1.165, 1.54) is 0 Å². The summed E-state index contributed by atoms with van der Waals surface area (Å²) in [6, 6.07) is 17.3. The number of fused-ring (bicyclic) bond motifs is 1. The molecule has 0 atom stereocenters. The van der Waals surface area contributed by atoms with E-state index in [-0.39, 0.29) is 0 Å². The van der Waals surface area contributed by atoms with Crippen molar-refractivity contribution in [2.24, 2.45) is 0 Å². The van der Waals surface area contributed by atoms with E-state index in [0.717, 1.165) is 28.3 Å². The summed E-state index contributed by atoms with van der Waals surface area (Å²) in [5.41, 5.74) is 3.25. The average molecular weight is 289 g/mol. The molecule has 0 amide bonds. The largest absolute Gasteiger partial charge is 0.488 e. The molecular formula is C19H15NO2. The van der Waals surface area contributed by atoms with Gasteiger partial charge in [-0.25, -0.2) is 4.98 Å². The number of rotatable bonds is 5. The quantitative estimate of drug-likeness (QED) is 0.658. The van der Waals surface area contributed by atoms with E-state index in [0.29, 0.717) is 18.1 Å². The molecule has 2 aromatic carbocycles. The highest BCUT2D eigenvalue weighted by Gasteiger charge is 2.06. The SMILES string of the molecule is C=Cc1ccc(COc2cc(C=O)nc3ccccc23)cc1. The molecule has 108 valence electrons. The highest BCUT2D eigenvalue weighted by molar-refractivity contribution is 5.88. The Bertz CT molecular complexity index is 822. The van der Waals surface area contributed by atoms with Crippen molar-refractivity contribution in [3.63, 3.8) is 0 Å². The Morgan fingerprint density at radius 1 is 1.09 bits per heavy atom. The molecule has 0 saturated carbocycles. The molecular weight excluding hydrogens is 274 g/mol. The number of nitrogens with zero attached hydrogens (tertiary/aromatic N) is 1. The van der Waals surface area contributed by atoms with E-state index in [9.17, 15) is 4.79 Å². The molecule has 0 aliphatic carbocycles. The smallest absolute Gasteiger partial charge is 0.168 e. The lowest BCUT2D eigenvalue weighted by Crippen LogP contribution is -1.98. The predicted molar refractivity (Wildman–Crippen MR) is 88.0 cm³/mol. The van der Waals surface area contributed by atoms with E-state index in [1.54, 1.807) is 12.1 Å². The molecule has 0 fully saturated rings. The molecule has 0 spiro atoms. The lowest BCUT2D eigenvalue weighted by molar-refractivity contribution is 0.111. The minimum absolute atomic E-state index is 0.371. The van der Waals surface area contributed by atoms with E-state index < -0.39 is 0 Å². The number of aldehydes is 1. The fourth-order valence-corrected chi connectivity index (χ4v) is 2.25. The van der Waals surface area contributed by atoms with Gasteiger partial charge in [0.05, 0.1) is 5.52 Å². The van der Waals surface area contributed by atoms with Gasteiger partial charge >= 0.3 is 0 Å². The molecule has 0 bridgehead atoms. The zero-order valence-electron chi connectivity index (χ0n) is 12.0. The Morgan fingerprint density at radius 2 is 1.86 bits per heavy atom. The average Bonchev–Trinajstić information content (AvgIpc) is 2.59. The van der Waals surface area contributed by atoms with E-state index in [2.05, 4.69) is 11.6 Å². The van der Waals surface area contributed by atoms with Crippen LogP contribution in [0.25, 0.3) is 17.0 Å². The maximum Gasteiger partial charge on any atom is 0.168 e. The van der Waals surface area contributed by atoms with Crippen molar-refractivity contribution >= 4 is 23.3 Å². The summed E-state index contributed by atoms with van der Waals surface area (Å²) in [6.45, 7) is 4.17. The van der Waals surface area contributed by atoms with Crippen LogP contribution in [0.2, 0.25) is 0 Å². The number of hydrogen-bond acceptors (Lipinski definition) is 3. The monoisotopic (exact) mass is 289 g/mol. The topological polar surface area (TPSA) is 39.2 Å². The zero-order chi connectivity index (χ0) is 15.4. The van der Waals surface area contributed by atoms with Gasteiger partial charge in [0.15, 0.2) is 6.29 Å². The molecule has 1 heterocycles. The van der Waals surface area contributed by atoms with Crippen LogP contribution in [0.15, 0.2) is 61.2 Å². The van der Waals surface area contributed by atoms with E-state index >= 15 is 0 Å². The molecule has 1 aromatic heterocycles. The summed E-state index contributed by atoms with van der Waals surface area (Å²) in [5.74, 6) is 0.667. The Kier molecular flexibility index (Phi) is 3.97. The van der Waals surface area contributed by atoms with Gasteiger partial charge in [-0.1, -0.05) is 49.1 Å². The van der Waals surface area contributed by atoms with Gasteiger partial charge in [0.1, 0.15) is 18.1 Å². The van der Waals surface area contributed by atoms with Gasteiger partial charge in [-0.05, 0) is 23.3 Å². The first kappa shape index (κ1) is 14.0. The van der Waals surface area contributed by atoms with Gasteiger partial charge in [0.2, 0.25) is 0 Å². The fraction of sp³-hybridized carbons (Fsp3) is 0.0526. The predicted octanol–water partition coefficient (Wildman–Crippen LogP) is 4.27. The third-order valence-corrected chi connectivity index (χ3v) is 3.43. The summed E-state index contributed by atoms with van der Waals surface area (Å²) in [6.07, 6.45) is 2.54. The highest BCUT2D eigenvalue weighted by Crippen LogP contribution is 2.25. The van der Waals surface area contributed by atoms with Crippen molar-refractivity contribution < 1.29 is 9.53 Å². The van der Waals surface area contributed by atoms with Crippen LogP contribution in [0.3, 0.4) is 0 Å². The molecule has 3 aromatic rings. The third-order valence-electron chi connectivity index (χ3n) is 3.43. The molecule has 0 radical (unpaired) electrons. The normalized spacial score (nSPS) is 10.4. The summed E-state index contributed by atoms with van der Waals surface area (Å²) in [4.78, 5) is 15.3. The number of benzene rings is 2. The van der Waals surface area contributed by atoms with Crippen LogP contribution in [0.4, 0.5) is 0 Å². The maximum absolute atomic E-state index is 11.0. The second-order valence-corrected chi connectivity index (χ2v) is 4.91. The summed E-state index contributed by atoms with van der Waals surface area (Å²) < 4.78 is 5.90. The number of hydrogen-bond donors (Lipinski definition) is 0. The van der Waals surface area contributed by atoms with Crippen LogP contribution in [0.5, 0.6) is 5.75 Å². The van der Waals surface area contributed by atoms with Gasteiger partial charge in [-0.15, -0.1) is 0 Å². The second-order valence-electron chi connectivity index (χ2n) is 4.91. The van der Waals surface area contributed by atoms with Gasteiger partial charge < -0.3 is 4.74 Å². The molecule has 0 saturated heterocycles. The number of para-hydroxylation sites is 1. The lowest BCUT2D eigenvalue weighted by Gasteiger charge is -2.10. The fourth-order valence-electron chi connectivity index (χ4n) is 2.25. The minimum atomic E-state index is 0.371.